The van der Waals surface area contributed by atoms with E-state index < -0.39 is 22.6 Å². The van der Waals surface area contributed by atoms with Gasteiger partial charge in [-0.3, -0.25) is 14.4 Å². The second kappa shape index (κ2) is 10.4. The van der Waals surface area contributed by atoms with Crippen molar-refractivity contribution in [2.45, 2.75) is 49.7 Å². The Morgan fingerprint density at radius 1 is 1.28 bits per heavy atom. The molecule has 194 valence electrons. The second-order valence-corrected chi connectivity index (χ2v) is 11.6. The van der Waals surface area contributed by atoms with E-state index in [1.165, 1.54) is 4.90 Å². The van der Waals surface area contributed by atoms with Gasteiger partial charge in [0.15, 0.2) is 0 Å². The number of esters is 1. The van der Waals surface area contributed by atoms with E-state index in [0.29, 0.717) is 13.0 Å². The fraction of sp³-hybridized carbons (Fsp3) is 0.536. The lowest BCUT2D eigenvalue weighted by Gasteiger charge is -2.40. The summed E-state index contributed by atoms with van der Waals surface area (Å²) in [5.41, 5.74) is 2.72. The highest BCUT2D eigenvalue weighted by atomic mass is 32.2. The zero-order chi connectivity index (χ0) is 26.2. The summed E-state index contributed by atoms with van der Waals surface area (Å²) < 4.78 is 4.78. The van der Waals surface area contributed by atoms with Gasteiger partial charge in [0.25, 0.3) is 5.91 Å². The van der Waals surface area contributed by atoms with Crippen molar-refractivity contribution < 1.29 is 24.2 Å². The largest absolute Gasteiger partial charge is 0.465 e. The molecule has 1 aromatic carbocycles. The number of hydrogen-bond acceptors (Lipinski definition) is 6. The van der Waals surface area contributed by atoms with Crippen LogP contribution in [0.1, 0.15) is 30.9 Å². The Bertz CT molecular complexity index is 1050. The lowest BCUT2D eigenvalue weighted by atomic mass is 9.66. The number of aryl methyl sites for hydroxylation is 2. The number of β-amino-alcohol motifs (C(OH)–C–C–N with tert-alkyl or cyclic N) is 1. The van der Waals surface area contributed by atoms with Crippen LogP contribution >= 0.6 is 11.8 Å². The Morgan fingerprint density at radius 3 is 2.58 bits per heavy atom. The normalized spacial score (nSPS) is 30.3. The van der Waals surface area contributed by atoms with Crippen molar-refractivity contribution in [1.82, 2.24) is 4.90 Å². The minimum atomic E-state index is -0.794. The third-order valence-electron chi connectivity index (χ3n) is 7.95. The molecule has 1 aromatic rings. The molecule has 7 nitrogen and oxygen atoms in total. The first-order valence-electron chi connectivity index (χ1n) is 12.6. The van der Waals surface area contributed by atoms with Gasteiger partial charge in [-0.1, -0.05) is 37.3 Å². The number of ether oxygens (including phenoxy) is 1. The predicted molar refractivity (Wildman–Crippen MR) is 142 cm³/mol. The molecule has 1 N–H and O–H groups in total. The van der Waals surface area contributed by atoms with Crippen molar-refractivity contribution in [2.75, 3.05) is 31.2 Å². The zero-order valence-electron chi connectivity index (χ0n) is 21.3. The van der Waals surface area contributed by atoms with Gasteiger partial charge >= 0.3 is 5.97 Å². The Labute approximate surface area is 217 Å². The van der Waals surface area contributed by atoms with Gasteiger partial charge in [-0.05, 0) is 43.7 Å². The van der Waals surface area contributed by atoms with Gasteiger partial charge in [-0.25, -0.2) is 0 Å². The summed E-state index contributed by atoms with van der Waals surface area (Å²) in [6, 6.07) is 5.09. The van der Waals surface area contributed by atoms with Crippen LogP contribution in [-0.4, -0.2) is 70.1 Å². The van der Waals surface area contributed by atoms with Gasteiger partial charge in [0.1, 0.15) is 6.04 Å². The molecule has 0 aromatic heterocycles. The number of carbonyl (C=O) groups is 3. The van der Waals surface area contributed by atoms with E-state index in [0.717, 1.165) is 23.2 Å². The molecular weight excluding hydrogens is 476 g/mol. The monoisotopic (exact) mass is 512 g/mol. The number of carbonyl (C=O) groups excluding carboxylic acids is 3. The first-order valence-corrected chi connectivity index (χ1v) is 13.5. The third kappa shape index (κ3) is 3.98. The van der Waals surface area contributed by atoms with Crippen molar-refractivity contribution in [3.8, 4) is 0 Å². The number of aliphatic hydroxyl groups is 1. The van der Waals surface area contributed by atoms with Crippen molar-refractivity contribution in [3.05, 3.63) is 54.6 Å². The van der Waals surface area contributed by atoms with Crippen LogP contribution in [-0.2, 0) is 19.1 Å². The minimum absolute atomic E-state index is 0.0400. The van der Waals surface area contributed by atoms with Crippen LogP contribution in [0.3, 0.4) is 0 Å². The molecule has 0 saturated carbocycles. The van der Waals surface area contributed by atoms with Crippen LogP contribution in [0.5, 0.6) is 0 Å². The van der Waals surface area contributed by atoms with Gasteiger partial charge in [-0.15, -0.1) is 24.9 Å². The molecule has 1 spiro atoms. The molecule has 0 aliphatic carbocycles. The van der Waals surface area contributed by atoms with E-state index >= 15 is 0 Å². The average Bonchev–Trinajstić information content (AvgIpc) is 3.42. The number of likely N-dealkylation sites (tertiary alicyclic amines) is 1. The molecule has 36 heavy (non-hydrogen) atoms. The molecule has 6 atom stereocenters. The van der Waals surface area contributed by atoms with Gasteiger partial charge in [0.05, 0.1) is 29.8 Å². The number of rotatable bonds is 10. The van der Waals surface area contributed by atoms with Gasteiger partial charge in [0.2, 0.25) is 5.91 Å². The molecule has 3 heterocycles. The van der Waals surface area contributed by atoms with Crippen molar-refractivity contribution >= 4 is 35.2 Å². The zero-order valence-corrected chi connectivity index (χ0v) is 22.1. The summed E-state index contributed by atoms with van der Waals surface area (Å²) in [6.07, 6.45) is 4.65. The lowest BCUT2D eigenvalue weighted by Crippen LogP contribution is -2.57. The third-order valence-corrected chi connectivity index (χ3v) is 10.0. The van der Waals surface area contributed by atoms with Crippen molar-refractivity contribution in [1.29, 1.82) is 0 Å². The summed E-state index contributed by atoms with van der Waals surface area (Å²) in [5.74, 6) is -2.03. The maximum atomic E-state index is 14.5. The highest BCUT2D eigenvalue weighted by molar-refractivity contribution is 8.02. The molecular formula is C28H36N2O5S. The standard InChI is InChI=1S/C28H36N2O5S/c1-6-8-15-35-27(34)21-20-16-19(5)28(36-20)22(21)25(32)30(13-14-31)24(28)26(33)29(12-7-2)23-17(3)10-9-11-18(23)4/h6-7,9-11,19-22,24,31H,1-2,8,12-16H2,3-5H3/t19?,20-,21+,22-,24?,28?/m0/s1. The van der Waals surface area contributed by atoms with Gasteiger partial charge in [-0.2, -0.15) is 0 Å². The van der Waals surface area contributed by atoms with Crippen LogP contribution in [0.25, 0.3) is 0 Å². The maximum Gasteiger partial charge on any atom is 0.310 e. The topological polar surface area (TPSA) is 87.2 Å². The van der Waals surface area contributed by atoms with Crippen molar-refractivity contribution in [2.24, 2.45) is 17.8 Å². The van der Waals surface area contributed by atoms with Crippen LogP contribution in [0.4, 0.5) is 5.69 Å². The summed E-state index contributed by atoms with van der Waals surface area (Å²) in [5, 5.41) is 9.78. The smallest absolute Gasteiger partial charge is 0.310 e. The molecule has 3 unspecified atom stereocenters. The van der Waals surface area contributed by atoms with Crippen molar-refractivity contribution in [3.63, 3.8) is 0 Å². The van der Waals surface area contributed by atoms with E-state index in [9.17, 15) is 19.5 Å². The number of hydrogen-bond donors (Lipinski definition) is 1. The minimum Gasteiger partial charge on any atom is -0.465 e. The van der Waals surface area contributed by atoms with Crippen LogP contribution in [0.15, 0.2) is 43.5 Å². The highest BCUT2D eigenvalue weighted by Gasteiger charge is 2.76. The second-order valence-electron chi connectivity index (χ2n) is 10.0. The van der Waals surface area contributed by atoms with E-state index in [2.05, 4.69) is 20.1 Å². The van der Waals surface area contributed by atoms with Crippen LogP contribution in [0.2, 0.25) is 0 Å². The number of benzene rings is 1. The summed E-state index contributed by atoms with van der Waals surface area (Å²) in [7, 11) is 0. The molecule has 2 amide bonds. The molecule has 3 fully saturated rings. The van der Waals surface area contributed by atoms with E-state index in [-0.39, 0.29) is 48.7 Å². The van der Waals surface area contributed by atoms with E-state index in [4.69, 9.17) is 4.74 Å². The number of nitrogens with zero attached hydrogens (tertiary/aromatic N) is 2. The number of para-hydroxylation sites is 1. The van der Waals surface area contributed by atoms with E-state index in [1.807, 2.05) is 32.0 Å². The van der Waals surface area contributed by atoms with Crippen LogP contribution < -0.4 is 4.90 Å². The van der Waals surface area contributed by atoms with E-state index in [1.54, 1.807) is 28.8 Å². The molecule has 0 radical (unpaired) electrons. The Hall–Kier alpha value is -2.58. The number of thioether (sulfide) groups is 1. The molecule has 8 heteroatoms. The number of amides is 2. The molecule has 3 saturated heterocycles. The fourth-order valence-corrected chi connectivity index (χ4v) is 8.96. The fourth-order valence-electron chi connectivity index (χ4n) is 6.55. The quantitative estimate of drug-likeness (QED) is 0.294. The molecule has 3 aliphatic rings. The van der Waals surface area contributed by atoms with Crippen LogP contribution in [0, 0.1) is 31.6 Å². The Morgan fingerprint density at radius 2 is 1.97 bits per heavy atom. The van der Waals surface area contributed by atoms with Gasteiger partial charge < -0.3 is 19.6 Å². The molecule has 2 bridgehead atoms. The molecule has 3 aliphatic heterocycles. The first-order chi connectivity index (χ1) is 17.2. The summed E-state index contributed by atoms with van der Waals surface area (Å²) in [6.45, 7) is 13.8. The number of fused-ring (bicyclic) bond motifs is 1. The number of anilines is 1. The Balaban J connectivity index is 1.78. The summed E-state index contributed by atoms with van der Waals surface area (Å²) >= 11 is 1.60. The summed E-state index contributed by atoms with van der Waals surface area (Å²) in [4.78, 5) is 44.8. The average molecular weight is 513 g/mol. The highest BCUT2D eigenvalue weighted by Crippen LogP contribution is 2.68. The SMILES string of the molecule is C=CCCOC(=O)[C@@H]1[C@@H]2CC(C)C3(S2)C(C(=O)N(CC=C)c2c(C)cccc2C)N(CCO)C(=O)[C@H]13. The van der Waals surface area contributed by atoms with Gasteiger partial charge in [0, 0.05) is 24.0 Å². The Kier molecular flexibility index (Phi) is 7.67. The lowest BCUT2D eigenvalue weighted by molar-refractivity contribution is -0.154. The predicted octanol–water partition coefficient (Wildman–Crippen LogP) is 3.27. The number of aliphatic hydroxyl groups excluding tert-OH is 1. The maximum absolute atomic E-state index is 14.5. The molecule has 4 rings (SSSR count). The first kappa shape index (κ1) is 26.5.